The molecule has 2 aromatic rings. The molecule has 0 atom stereocenters. The summed E-state index contributed by atoms with van der Waals surface area (Å²) in [6, 6.07) is 12.5. The number of aromatic nitrogens is 1. The summed E-state index contributed by atoms with van der Waals surface area (Å²) >= 11 is 0. The summed E-state index contributed by atoms with van der Waals surface area (Å²) in [7, 11) is 0. The van der Waals surface area contributed by atoms with Gasteiger partial charge < -0.3 is 5.32 Å². The Morgan fingerprint density at radius 3 is 2.94 bits per heavy atom. The molecule has 1 aliphatic heterocycles. The zero-order valence-electron chi connectivity index (χ0n) is 9.11. The Bertz CT molecular complexity index is 491. The van der Waals surface area contributed by atoms with E-state index < -0.39 is 0 Å². The van der Waals surface area contributed by atoms with Gasteiger partial charge in [-0.1, -0.05) is 24.3 Å². The Kier molecular flexibility index (Phi) is 2.33. The highest BCUT2D eigenvalue weighted by atomic mass is 14.9. The van der Waals surface area contributed by atoms with Gasteiger partial charge in [0, 0.05) is 24.0 Å². The van der Waals surface area contributed by atoms with Crippen molar-refractivity contribution in [3.05, 3.63) is 48.2 Å². The average molecular weight is 210 g/mol. The molecule has 0 unspecified atom stereocenters. The first-order valence-electron chi connectivity index (χ1n) is 5.72. The number of aryl methyl sites for hydroxylation is 1. The summed E-state index contributed by atoms with van der Waals surface area (Å²) in [6.07, 6.45) is 4.24. The van der Waals surface area contributed by atoms with Crippen LogP contribution in [0.5, 0.6) is 0 Å². The number of pyridine rings is 1. The zero-order chi connectivity index (χ0) is 10.8. The molecule has 1 aliphatic rings. The summed E-state index contributed by atoms with van der Waals surface area (Å²) in [4.78, 5) is 4.42. The highest BCUT2D eigenvalue weighted by Gasteiger charge is 2.13. The van der Waals surface area contributed by atoms with Crippen molar-refractivity contribution in [3.63, 3.8) is 0 Å². The second-order valence-corrected chi connectivity index (χ2v) is 4.09. The van der Waals surface area contributed by atoms with Crippen molar-refractivity contribution in [1.82, 2.24) is 4.98 Å². The molecule has 0 radical (unpaired) electrons. The van der Waals surface area contributed by atoms with Crippen molar-refractivity contribution in [2.45, 2.75) is 12.8 Å². The van der Waals surface area contributed by atoms with Crippen LogP contribution in [-0.2, 0) is 6.42 Å². The van der Waals surface area contributed by atoms with Crippen LogP contribution < -0.4 is 5.32 Å². The molecular weight excluding hydrogens is 196 g/mol. The highest BCUT2D eigenvalue weighted by Crippen LogP contribution is 2.32. The van der Waals surface area contributed by atoms with Gasteiger partial charge in [-0.15, -0.1) is 0 Å². The Labute approximate surface area is 95.3 Å². The van der Waals surface area contributed by atoms with Crippen LogP contribution in [0, 0.1) is 0 Å². The van der Waals surface area contributed by atoms with Gasteiger partial charge in [-0.25, -0.2) is 0 Å². The van der Waals surface area contributed by atoms with Crippen LogP contribution in [-0.4, -0.2) is 11.5 Å². The van der Waals surface area contributed by atoms with Crippen molar-refractivity contribution in [2.24, 2.45) is 0 Å². The van der Waals surface area contributed by atoms with Crippen molar-refractivity contribution in [2.75, 3.05) is 11.9 Å². The van der Waals surface area contributed by atoms with E-state index >= 15 is 0 Å². The van der Waals surface area contributed by atoms with Crippen molar-refractivity contribution in [3.8, 4) is 11.3 Å². The zero-order valence-corrected chi connectivity index (χ0v) is 9.11. The van der Waals surface area contributed by atoms with E-state index in [-0.39, 0.29) is 0 Å². The third-order valence-corrected chi connectivity index (χ3v) is 3.02. The van der Waals surface area contributed by atoms with E-state index in [9.17, 15) is 0 Å². The molecule has 2 nitrogen and oxygen atoms in total. The molecular formula is C14H14N2. The fourth-order valence-electron chi connectivity index (χ4n) is 2.24. The van der Waals surface area contributed by atoms with Gasteiger partial charge in [-0.3, -0.25) is 4.98 Å². The van der Waals surface area contributed by atoms with E-state index in [1.54, 1.807) is 0 Å². The normalized spacial score (nSPS) is 14.0. The number of rotatable bonds is 1. The van der Waals surface area contributed by atoms with Gasteiger partial charge in [0.05, 0.1) is 5.69 Å². The predicted octanol–water partition coefficient (Wildman–Crippen LogP) is 3.11. The third-order valence-electron chi connectivity index (χ3n) is 3.02. The molecule has 0 bridgehead atoms. The maximum Gasteiger partial charge on any atom is 0.0722 e. The minimum absolute atomic E-state index is 1.05. The number of nitrogens with zero attached hydrogens (tertiary/aromatic N) is 1. The monoisotopic (exact) mass is 210 g/mol. The van der Waals surface area contributed by atoms with Gasteiger partial charge in [0.1, 0.15) is 0 Å². The number of fused-ring (bicyclic) bond motifs is 1. The van der Waals surface area contributed by atoms with Gasteiger partial charge in [0.2, 0.25) is 0 Å². The molecule has 0 saturated carbocycles. The lowest BCUT2D eigenvalue weighted by Crippen LogP contribution is -2.12. The molecule has 0 fully saturated rings. The Balaban J connectivity index is 2.14. The number of hydrogen-bond acceptors (Lipinski definition) is 2. The molecule has 0 aliphatic carbocycles. The summed E-state index contributed by atoms with van der Waals surface area (Å²) in [5.41, 5.74) is 4.95. The predicted molar refractivity (Wildman–Crippen MR) is 66.5 cm³/mol. The second-order valence-electron chi connectivity index (χ2n) is 4.09. The molecule has 2 heteroatoms. The molecule has 0 saturated heterocycles. The quantitative estimate of drug-likeness (QED) is 0.782. The largest absolute Gasteiger partial charge is 0.384 e. The Morgan fingerprint density at radius 2 is 2.06 bits per heavy atom. The molecule has 1 aromatic carbocycles. The molecule has 16 heavy (non-hydrogen) atoms. The lowest BCUT2D eigenvalue weighted by molar-refractivity contribution is 0.831. The minimum atomic E-state index is 1.05. The fraction of sp³-hybridized carbons (Fsp3) is 0.214. The SMILES string of the molecule is c1ccc(-c2cccc3c2NCCC3)nc1. The lowest BCUT2D eigenvalue weighted by Gasteiger charge is -2.20. The standard InChI is InChI=1S/C14H14N2/c1-2-9-15-13(8-1)12-7-3-5-11-6-4-10-16-14(11)12/h1-3,5,7-9,16H,4,6,10H2. The molecule has 0 amide bonds. The van der Waals surface area contributed by atoms with Gasteiger partial charge >= 0.3 is 0 Å². The van der Waals surface area contributed by atoms with Crippen LogP contribution in [0.4, 0.5) is 5.69 Å². The van der Waals surface area contributed by atoms with E-state index in [1.807, 2.05) is 18.3 Å². The number of hydrogen-bond donors (Lipinski definition) is 1. The van der Waals surface area contributed by atoms with Crippen molar-refractivity contribution in [1.29, 1.82) is 0 Å². The summed E-state index contributed by atoms with van der Waals surface area (Å²) in [6.45, 7) is 1.07. The van der Waals surface area contributed by atoms with Gasteiger partial charge in [0.25, 0.3) is 0 Å². The van der Waals surface area contributed by atoms with Crippen molar-refractivity contribution >= 4 is 5.69 Å². The summed E-state index contributed by atoms with van der Waals surface area (Å²) in [5.74, 6) is 0. The fourth-order valence-corrected chi connectivity index (χ4v) is 2.24. The molecule has 2 heterocycles. The third kappa shape index (κ3) is 1.56. The maximum atomic E-state index is 4.42. The topological polar surface area (TPSA) is 24.9 Å². The maximum absolute atomic E-state index is 4.42. The molecule has 1 aromatic heterocycles. The first kappa shape index (κ1) is 9.40. The number of nitrogens with one attached hydrogen (secondary N) is 1. The van der Waals surface area contributed by atoms with Crippen LogP contribution in [0.25, 0.3) is 11.3 Å². The highest BCUT2D eigenvalue weighted by molar-refractivity contribution is 5.78. The summed E-state index contributed by atoms with van der Waals surface area (Å²) in [5, 5.41) is 3.49. The van der Waals surface area contributed by atoms with Crippen LogP contribution in [0.2, 0.25) is 0 Å². The second kappa shape index (κ2) is 3.97. The Morgan fingerprint density at radius 1 is 1.06 bits per heavy atom. The molecule has 80 valence electrons. The molecule has 1 N–H and O–H groups in total. The van der Waals surface area contributed by atoms with E-state index in [1.165, 1.54) is 29.7 Å². The van der Waals surface area contributed by atoms with Gasteiger partial charge in [0.15, 0.2) is 0 Å². The summed E-state index contributed by atoms with van der Waals surface area (Å²) < 4.78 is 0. The molecule has 3 rings (SSSR count). The minimum Gasteiger partial charge on any atom is -0.384 e. The van der Waals surface area contributed by atoms with Crippen LogP contribution in [0.3, 0.4) is 0 Å². The first-order chi connectivity index (χ1) is 7.95. The van der Waals surface area contributed by atoms with E-state index in [4.69, 9.17) is 0 Å². The number of para-hydroxylation sites is 1. The molecule has 0 spiro atoms. The van der Waals surface area contributed by atoms with Gasteiger partial charge in [-0.2, -0.15) is 0 Å². The first-order valence-corrected chi connectivity index (χ1v) is 5.72. The smallest absolute Gasteiger partial charge is 0.0722 e. The average Bonchev–Trinajstić information content (AvgIpc) is 2.39. The Hall–Kier alpha value is -1.83. The van der Waals surface area contributed by atoms with Crippen molar-refractivity contribution < 1.29 is 0 Å². The van der Waals surface area contributed by atoms with Crippen LogP contribution in [0.1, 0.15) is 12.0 Å². The number of anilines is 1. The van der Waals surface area contributed by atoms with Gasteiger partial charge in [-0.05, 0) is 30.5 Å². The van der Waals surface area contributed by atoms with Crippen LogP contribution >= 0.6 is 0 Å². The van der Waals surface area contributed by atoms with Crippen LogP contribution in [0.15, 0.2) is 42.6 Å². The number of benzene rings is 1. The van der Waals surface area contributed by atoms with E-state index in [0.29, 0.717) is 0 Å². The van der Waals surface area contributed by atoms with E-state index in [2.05, 4.69) is 34.6 Å². The van der Waals surface area contributed by atoms with E-state index in [0.717, 1.165) is 12.2 Å². The lowest BCUT2D eigenvalue weighted by atomic mass is 9.98.